The number of nitrogens with two attached hydrogens (primary N) is 1. The first kappa shape index (κ1) is 15.8. The molecule has 0 aromatic heterocycles. The normalized spacial score (nSPS) is 20.1. The van der Waals surface area contributed by atoms with Gasteiger partial charge in [-0.3, -0.25) is 4.79 Å². The van der Waals surface area contributed by atoms with Crippen molar-refractivity contribution in [3.8, 4) is 0 Å². The number of hydrogen-bond donors (Lipinski definition) is 3. The molecule has 0 heterocycles. The number of carbonyl (C=O) groups is 1. The number of anilines is 1. The van der Waals surface area contributed by atoms with Crippen molar-refractivity contribution in [2.45, 2.75) is 27.7 Å². The van der Waals surface area contributed by atoms with E-state index in [9.17, 15) is 4.79 Å². The minimum absolute atomic E-state index is 0.0385. The lowest BCUT2D eigenvalue weighted by Crippen LogP contribution is -2.22. The van der Waals surface area contributed by atoms with Crippen LogP contribution in [0.2, 0.25) is 0 Å². The van der Waals surface area contributed by atoms with Gasteiger partial charge in [-0.1, -0.05) is 48.8 Å². The van der Waals surface area contributed by atoms with E-state index in [1.165, 1.54) is 0 Å². The first-order valence-electron chi connectivity index (χ1n) is 6.71. The van der Waals surface area contributed by atoms with E-state index in [1.807, 2.05) is 0 Å². The van der Waals surface area contributed by atoms with Crippen LogP contribution in [0.25, 0.3) is 0 Å². The van der Waals surface area contributed by atoms with Crippen molar-refractivity contribution in [1.82, 2.24) is 0 Å². The molecule has 0 bridgehead atoms. The Morgan fingerprint density at radius 2 is 1.90 bits per heavy atom. The Labute approximate surface area is 132 Å². The molecule has 0 saturated heterocycles. The summed E-state index contributed by atoms with van der Waals surface area (Å²) in [4.78, 5) is 12.5. The van der Waals surface area contributed by atoms with Gasteiger partial charge in [0.2, 0.25) is 5.91 Å². The van der Waals surface area contributed by atoms with Gasteiger partial charge in [-0.15, -0.1) is 0 Å². The lowest BCUT2D eigenvalue weighted by Gasteiger charge is -2.11. The monoisotopic (exact) mass is 353 g/mol. The zero-order chi connectivity index (χ0) is 16.0. The number of benzene rings is 1. The summed E-state index contributed by atoms with van der Waals surface area (Å²) in [7, 11) is 0. The minimum Gasteiger partial charge on any atom is -0.409 e. The average Bonchev–Trinajstić information content (AvgIpc) is 2.80. The Bertz CT molecular complexity index is 609. The fourth-order valence-corrected chi connectivity index (χ4v) is 3.31. The molecule has 0 unspecified atom stereocenters. The van der Waals surface area contributed by atoms with Crippen LogP contribution >= 0.6 is 15.9 Å². The van der Waals surface area contributed by atoms with E-state index in [1.54, 1.807) is 18.2 Å². The average molecular weight is 354 g/mol. The van der Waals surface area contributed by atoms with Crippen LogP contribution in [-0.2, 0) is 4.79 Å². The van der Waals surface area contributed by atoms with Gasteiger partial charge < -0.3 is 16.3 Å². The van der Waals surface area contributed by atoms with Crippen LogP contribution in [-0.4, -0.2) is 17.0 Å². The van der Waals surface area contributed by atoms with Crippen LogP contribution in [0.5, 0.6) is 0 Å². The van der Waals surface area contributed by atoms with Gasteiger partial charge in [0.05, 0.1) is 5.69 Å². The molecule has 0 atom stereocenters. The van der Waals surface area contributed by atoms with Crippen molar-refractivity contribution < 1.29 is 10.0 Å². The van der Waals surface area contributed by atoms with E-state index in [4.69, 9.17) is 10.9 Å². The number of carbonyl (C=O) groups excluding carboxylic acids is 1. The number of rotatable bonds is 3. The van der Waals surface area contributed by atoms with E-state index in [2.05, 4.69) is 54.1 Å². The predicted molar refractivity (Wildman–Crippen MR) is 86.3 cm³/mol. The highest BCUT2D eigenvalue weighted by Gasteiger charge is 2.68. The lowest BCUT2D eigenvalue weighted by atomic mass is 10.0. The summed E-state index contributed by atoms with van der Waals surface area (Å²) >= 11 is 3.33. The lowest BCUT2D eigenvalue weighted by molar-refractivity contribution is -0.118. The molecule has 5 nitrogen and oxygen atoms in total. The Kier molecular flexibility index (Phi) is 3.78. The second kappa shape index (κ2) is 5.02. The van der Waals surface area contributed by atoms with Crippen molar-refractivity contribution in [3.05, 3.63) is 28.2 Å². The molecule has 0 radical (unpaired) electrons. The van der Waals surface area contributed by atoms with E-state index in [0.29, 0.717) is 11.3 Å². The molecule has 1 aliphatic carbocycles. The molecule has 1 saturated carbocycles. The maximum Gasteiger partial charge on any atom is 0.228 e. The maximum absolute atomic E-state index is 12.5. The molecule has 1 fully saturated rings. The van der Waals surface area contributed by atoms with Crippen molar-refractivity contribution in [2.24, 2.45) is 27.6 Å². The number of hydrogen-bond acceptors (Lipinski definition) is 3. The molecule has 2 rings (SSSR count). The maximum atomic E-state index is 12.5. The van der Waals surface area contributed by atoms with Crippen molar-refractivity contribution in [3.63, 3.8) is 0 Å². The molecule has 21 heavy (non-hydrogen) atoms. The molecule has 4 N–H and O–H groups in total. The Morgan fingerprint density at radius 3 is 2.38 bits per heavy atom. The zero-order valence-corrected chi connectivity index (χ0v) is 14.2. The summed E-state index contributed by atoms with van der Waals surface area (Å²) in [5.74, 6) is -0.144. The highest BCUT2D eigenvalue weighted by Crippen LogP contribution is 2.68. The molecule has 1 aromatic rings. The fourth-order valence-electron chi connectivity index (χ4n) is 2.95. The highest BCUT2D eigenvalue weighted by molar-refractivity contribution is 9.10. The van der Waals surface area contributed by atoms with Gasteiger partial charge >= 0.3 is 0 Å². The van der Waals surface area contributed by atoms with Crippen LogP contribution in [0, 0.1) is 16.7 Å². The largest absolute Gasteiger partial charge is 0.409 e. The van der Waals surface area contributed by atoms with Crippen LogP contribution in [0.4, 0.5) is 5.69 Å². The first-order chi connectivity index (χ1) is 9.62. The van der Waals surface area contributed by atoms with Crippen LogP contribution in [0.15, 0.2) is 27.8 Å². The number of amidine groups is 1. The highest BCUT2D eigenvalue weighted by atomic mass is 79.9. The van der Waals surface area contributed by atoms with Crippen molar-refractivity contribution in [2.75, 3.05) is 5.32 Å². The number of nitrogens with one attached hydrogen (secondary N) is 1. The molecule has 1 amide bonds. The van der Waals surface area contributed by atoms with E-state index >= 15 is 0 Å². The molecule has 0 spiro atoms. The van der Waals surface area contributed by atoms with Crippen molar-refractivity contribution >= 4 is 33.4 Å². The SMILES string of the molecule is CC1(C)C(C(=O)Nc2ccc(Br)cc2/C(N)=N/O)C1(C)C. The number of amides is 1. The molecule has 0 aliphatic heterocycles. The molecule has 6 heteroatoms. The predicted octanol–water partition coefficient (Wildman–Crippen LogP) is 3.16. The van der Waals surface area contributed by atoms with E-state index < -0.39 is 0 Å². The summed E-state index contributed by atoms with van der Waals surface area (Å²) in [6.45, 7) is 8.35. The summed E-state index contributed by atoms with van der Waals surface area (Å²) in [5, 5.41) is 14.8. The first-order valence-corrected chi connectivity index (χ1v) is 7.50. The zero-order valence-electron chi connectivity index (χ0n) is 12.6. The van der Waals surface area contributed by atoms with Gasteiger partial charge in [0, 0.05) is 16.0 Å². The second-order valence-electron chi connectivity index (χ2n) is 6.54. The number of nitrogens with zero attached hydrogens (tertiary/aromatic N) is 1. The summed E-state index contributed by atoms with van der Waals surface area (Å²) in [6.07, 6.45) is 0. The Balaban J connectivity index is 2.28. The van der Waals surface area contributed by atoms with Gasteiger partial charge in [0.15, 0.2) is 5.84 Å². The quantitative estimate of drug-likeness (QED) is 0.337. The van der Waals surface area contributed by atoms with Gasteiger partial charge in [-0.2, -0.15) is 0 Å². The molecular weight excluding hydrogens is 334 g/mol. The summed E-state index contributed by atoms with van der Waals surface area (Å²) in [6, 6.07) is 5.23. The molecule has 1 aliphatic rings. The summed E-state index contributed by atoms with van der Waals surface area (Å²) in [5.41, 5.74) is 6.61. The van der Waals surface area contributed by atoms with Gasteiger partial charge in [0.25, 0.3) is 0 Å². The van der Waals surface area contributed by atoms with E-state index in [0.717, 1.165) is 4.47 Å². The Hall–Kier alpha value is -1.56. The Morgan fingerprint density at radius 1 is 1.33 bits per heavy atom. The van der Waals surface area contributed by atoms with Gasteiger partial charge in [0.1, 0.15) is 0 Å². The number of oxime groups is 1. The van der Waals surface area contributed by atoms with Crippen molar-refractivity contribution in [1.29, 1.82) is 0 Å². The third kappa shape index (κ3) is 2.52. The minimum atomic E-state index is -0.0613. The second-order valence-corrected chi connectivity index (χ2v) is 7.46. The number of halogens is 1. The van der Waals surface area contributed by atoms with Gasteiger partial charge in [-0.25, -0.2) is 0 Å². The smallest absolute Gasteiger partial charge is 0.228 e. The van der Waals surface area contributed by atoms with Crippen LogP contribution < -0.4 is 11.1 Å². The molecule has 114 valence electrons. The standard InChI is InChI=1S/C15H20BrN3O2/c1-14(2)11(15(14,3)4)13(20)18-10-6-5-8(16)7-9(10)12(17)19-21/h5-7,11,21H,1-4H3,(H2,17,19)(H,18,20). The van der Waals surface area contributed by atoms with E-state index in [-0.39, 0.29) is 28.5 Å². The topological polar surface area (TPSA) is 87.7 Å². The third-order valence-electron chi connectivity index (χ3n) is 4.91. The van der Waals surface area contributed by atoms with Crippen LogP contribution in [0.1, 0.15) is 33.3 Å². The fraction of sp³-hybridized carbons (Fsp3) is 0.467. The third-order valence-corrected chi connectivity index (χ3v) is 5.40. The van der Waals surface area contributed by atoms with Gasteiger partial charge in [-0.05, 0) is 29.0 Å². The molecular formula is C15H20BrN3O2. The molecule has 1 aromatic carbocycles. The summed E-state index contributed by atoms with van der Waals surface area (Å²) < 4.78 is 0.786. The van der Waals surface area contributed by atoms with Crippen LogP contribution in [0.3, 0.4) is 0 Å².